The number of nitrogens with zero attached hydrogens (tertiary/aromatic N) is 4. The molecule has 0 amide bonds. The molecule has 2 heterocycles. The monoisotopic (exact) mass is 418 g/mol. The fraction of sp³-hybridized carbons (Fsp3) is 0.360. The van der Waals surface area contributed by atoms with Gasteiger partial charge in [-0.05, 0) is 62.6 Å². The maximum Gasteiger partial charge on any atom is 0.259 e. The third-order valence-corrected chi connectivity index (χ3v) is 5.69. The predicted molar refractivity (Wildman–Crippen MR) is 124 cm³/mol. The van der Waals surface area contributed by atoms with Gasteiger partial charge in [0.1, 0.15) is 11.5 Å². The first-order valence-electron chi connectivity index (χ1n) is 10.8. The third kappa shape index (κ3) is 4.64. The summed E-state index contributed by atoms with van der Waals surface area (Å²) in [5, 5.41) is 0. The second-order valence-electron chi connectivity index (χ2n) is 8.55. The SMILES string of the molecule is Cc1nc2n(c(=O)c1C)CN(CCC(C)C)CN2c1ccc(Oc2ccccc2)cc1. The van der Waals surface area contributed by atoms with Gasteiger partial charge in [-0.3, -0.25) is 19.2 Å². The van der Waals surface area contributed by atoms with Crippen molar-refractivity contribution in [2.24, 2.45) is 5.92 Å². The second kappa shape index (κ2) is 8.94. The smallest absolute Gasteiger partial charge is 0.259 e. The second-order valence-corrected chi connectivity index (χ2v) is 8.55. The fourth-order valence-electron chi connectivity index (χ4n) is 3.68. The van der Waals surface area contributed by atoms with Gasteiger partial charge in [-0.15, -0.1) is 0 Å². The van der Waals surface area contributed by atoms with Crippen molar-refractivity contribution in [1.29, 1.82) is 0 Å². The van der Waals surface area contributed by atoms with E-state index in [9.17, 15) is 4.79 Å². The van der Waals surface area contributed by atoms with E-state index in [1.54, 1.807) is 4.57 Å². The molecule has 1 aliphatic rings. The molecule has 0 spiro atoms. The van der Waals surface area contributed by atoms with Crippen LogP contribution in [0.25, 0.3) is 0 Å². The van der Waals surface area contributed by atoms with E-state index in [0.29, 0.717) is 30.8 Å². The predicted octanol–water partition coefficient (Wildman–Crippen LogP) is 5.07. The Bertz CT molecular complexity index is 1090. The molecular weight excluding hydrogens is 388 g/mol. The Morgan fingerprint density at radius 2 is 1.65 bits per heavy atom. The van der Waals surface area contributed by atoms with Gasteiger partial charge in [0.15, 0.2) is 0 Å². The van der Waals surface area contributed by atoms with E-state index in [4.69, 9.17) is 9.72 Å². The van der Waals surface area contributed by atoms with Crippen molar-refractivity contribution in [3.63, 3.8) is 0 Å². The number of fused-ring (bicyclic) bond motifs is 1. The highest BCUT2D eigenvalue weighted by Gasteiger charge is 2.27. The van der Waals surface area contributed by atoms with Crippen LogP contribution in [0.2, 0.25) is 0 Å². The van der Waals surface area contributed by atoms with Crippen LogP contribution in [0.4, 0.5) is 11.6 Å². The van der Waals surface area contributed by atoms with Crippen LogP contribution in [-0.2, 0) is 6.67 Å². The first-order chi connectivity index (χ1) is 14.9. The summed E-state index contributed by atoms with van der Waals surface area (Å²) >= 11 is 0. The minimum Gasteiger partial charge on any atom is -0.457 e. The van der Waals surface area contributed by atoms with Crippen molar-refractivity contribution in [2.75, 3.05) is 18.1 Å². The standard InChI is InChI=1S/C25H30N4O2/c1-18(2)14-15-27-16-28(25-26-20(4)19(3)24(30)29(25)17-27)21-10-12-23(13-11-21)31-22-8-6-5-7-9-22/h5-13,18H,14-17H2,1-4H3. The van der Waals surface area contributed by atoms with Gasteiger partial charge in [0.05, 0.1) is 13.3 Å². The lowest BCUT2D eigenvalue weighted by Crippen LogP contribution is -2.48. The lowest BCUT2D eigenvalue weighted by atomic mass is 10.1. The Labute approximate surface area is 183 Å². The summed E-state index contributed by atoms with van der Waals surface area (Å²) in [6.07, 6.45) is 1.08. The molecule has 31 heavy (non-hydrogen) atoms. The molecule has 0 atom stereocenters. The molecule has 4 rings (SSSR count). The molecule has 0 radical (unpaired) electrons. The third-order valence-electron chi connectivity index (χ3n) is 5.69. The number of benzene rings is 2. The van der Waals surface area contributed by atoms with Gasteiger partial charge in [0.2, 0.25) is 5.95 Å². The Kier molecular flexibility index (Phi) is 6.09. The molecule has 2 aromatic carbocycles. The molecule has 1 aromatic heterocycles. The van der Waals surface area contributed by atoms with E-state index in [1.165, 1.54) is 0 Å². The molecule has 3 aromatic rings. The summed E-state index contributed by atoms with van der Waals surface area (Å²) in [6, 6.07) is 17.7. The number of aryl methyl sites for hydroxylation is 1. The molecule has 162 valence electrons. The van der Waals surface area contributed by atoms with E-state index in [-0.39, 0.29) is 5.56 Å². The van der Waals surface area contributed by atoms with E-state index >= 15 is 0 Å². The van der Waals surface area contributed by atoms with Crippen molar-refractivity contribution >= 4 is 11.6 Å². The van der Waals surface area contributed by atoms with E-state index in [1.807, 2.05) is 68.4 Å². The molecule has 0 fully saturated rings. The van der Waals surface area contributed by atoms with Gasteiger partial charge in [-0.2, -0.15) is 0 Å². The molecule has 0 saturated heterocycles. The number of aromatic nitrogens is 2. The van der Waals surface area contributed by atoms with Crippen LogP contribution in [0.15, 0.2) is 59.4 Å². The lowest BCUT2D eigenvalue weighted by molar-refractivity contribution is 0.188. The van der Waals surface area contributed by atoms with Gasteiger partial charge in [-0.1, -0.05) is 32.0 Å². The number of rotatable bonds is 6. The first-order valence-corrected chi connectivity index (χ1v) is 10.8. The minimum absolute atomic E-state index is 0.0331. The number of ether oxygens (including phenoxy) is 1. The summed E-state index contributed by atoms with van der Waals surface area (Å²) in [5.41, 5.74) is 2.51. The maximum absolute atomic E-state index is 13.0. The van der Waals surface area contributed by atoms with Crippen molar-refractivity contribution in [3.8, 4) is 11.5 Å². The van der Waals surface area contributed by atoms with Gasteiger partial charge < -0.3 is 4.74 Å². The highest BCUT2D eigenvalue weighted by Crippen LogP contribution is 2.30. The van der Waals surface area contributed by atoms with E-state index in [2.05, 4.69) is 23.6 Å². The Hall–Kier alpha value is -3.12. The van der Waals surface area contributed by atoms with Crippen LogP contribution in [-0.4, -0.2) is 27.7 Å². The fourth-order valence-corrected chi connectivity index (χ4v) is 3.68. The number of anilines is 2. The van der Waals surface area contributed by atoms with Crippen LogP contribution in [0.1, 0.15) is 31.5 Å². The van der Waals surface area contributed by atoms with Gasteiger partial charge >= 0.3 is 0 Å². The average Bonchev–Trinajstić information content (AvgIpc) is 2.77. The van der Waals surface area contributed by atoms with Crippen LogP contribution < -0.4 is 15.2 Å². The summed E-state index contributed by atoms with van der Waals surface area (Å²) < 4.78 is 7.72. The molecule has 1 aliphatic heterocycles. The van der Waals surface area contributed by atoms with Gasteiger partial charge in [0, 0.05) is 23.5 Å². The number of para-hydroxylation sites is 1. The molecule has 6 heteroatoms. The molecule has 0 saturated carbocycles. The lowest BCUT2D eigenvalue weighted by Gasteiger charge is -2.38. The maximum atomic E-state index is 13.0. The van der Waals surface area contributed by atoms with Crippen molar-refractivity contribution in [1.82, 2.24) is 14.5 Å². The number of hydrogen-bond donors (Lipinski definition) is 0. The minimum atomic E-state index is 0.0331. The normalized spacial score (nSPS) is 14.0. The highest BCUT2D eigenvalue weighted by molar-refractivity contribution is 5.59. The summed E-state index contributed by atoms with van der Waals surface area (Å²) in [7, 11) is 0. The Balaban J connectivity index is 1.65. The Morgan fingerprint density at radius 3 is 2.32 bits per heavy atom. The molecule has 0 N–H and O–H groups in total. The van der Waals surface area contributed by atoms with Crippen LogP contribution in [0, 0.1) is 19.8 Å². The summed E-state index contributed by atoms with van der Waals surface area (Å²) in [6.45, 7) is 10.4. The summed E-state index contributed by atoms with van der Waals surface area (Å²) in [5.74, 6) is 2.89. The largest absolute Gasteiger partial charge is 0.457 e. The average molecular weight is 419 g/mol. The van der Waals surface area contributed by atoms with Crippen molar-refractivity contribution in [3.05, 3.63) is 76.2 Å². The van der Waals surface area contributed by atoms with Gasteiger partial charge in [-0.25, -0.2) is 4.98 Å². The zero-order chi connectivity index (χ0) is 22.0. The Morgan fingerprint density at radius 1 is 0.968 bits per heavy atom. The molecule has 6 nitrogen and oxygen atoms in total. The number of hydrogen-bond acceptors (Lipinski definition) is 5. The molecule has 0 unspecified atom stereocenters. The summed E-state index contributed by atoms with van der Waals surface area (Å²) in [4.78, 5) is 22.2. The van der Waals surface area contributed by atoms with Gasteiger partial charge in [0.25, 0.3) is 5.56 Å². The van der Waals surface area contributed by atoms with Crippen molar-refractivity contribution < 1.29 is 4.74 Å². The zero-order valence-electron chi connectivity index (χ0n) is 18.7. The first kappa shape index (κ1) is 21.1. The molecule has 0 aliphatic carbocycles. The molecule has 0 bridgehead atoms. The van der Waals surface area contributed by atoms with Crippen LogP contribution >= 0.6 is 0 Å². The topological polar surface area (TPSA) is 50.6 Å². The van der Waals surface area contributed by atoms with Crippen molar-refractivity contribution in [2.45, 2.75) is 40.8 Å². The van der Waals surface area contributed by atoms with Crippen LogP contribution in [0.3, 0.4) is 0 Å². The van der Waals surface area contributed by atoms with Crippen LogP contribution in [0.5, 0.6) is 11.5 Å². The van der Waals surface area contributed by atoms with E-state index < -0.39 is 0 Å². The highest BCUT2D eigenvalue weighted by atomic mass is 16.5. The van der Waals surface area contributed by atoms with E-state index in [0.717, 1.165) is 35.8 Å². The molecular formula is C25H30N4O2. The zero-order valence-corrected chi connectivity index (χ0v) is 18.7. The quantitative estimate of drug-likeness (QED) is 0.560.